The lowest BCUT2D eigenvalue weighted by atomic mass is 10.2. The number of nitrogens with zero attached hydrogens (tertiary/aromatic N) is 2. The monoisotopic (exact) mass is 329 g/mol. The lowest BCUT2D eigenvalue weighted by Gasteiger charge is -2.02. The first kappa shape index (κ1) is 16.4. The molecule has 0 aromatic carbocycles. The van der Waals surface area contributed by atoms with Gasteiger partial charge in [0.15, 0.2) is 0 Å². The highest BCUT2D eigenvalue weighted by molar-refractivity contribution is 9.10. The van der Waals surface area contributed by atoms with Crippen LogP contribution in [0.2, 0.25) is 0 Å². The molecule has 5 heteroatoms. The summed E-state index contributed by atoms with van der Waals surface area (Å²) in [4.78, 5) is 0. The molecule has 4 nitrogen and oxygen atoms in total. The van der Waals surface area contributed by atoms with Gasteiger partial charge in [-0.1, -0.05) is 12.2 Å². The highest BCUT2D eigenvalue weighted by atomic mass is 79.9. The van der Waals surface area contributed by atoms with Gasteiger partial charge in [0.25, 0.3) is 0 Å². The van der Waals surface area contributed by atoms with Gasteiger partial charge in [0, 0.05) is 26.6 Å². The van der Waals surface area contributed by atoms with Crippen LogP contribution in [0.4, 0.5) is 0 Å². The molecule has 0 radical (unpaired) electrons. The second kappa shape index (κ2) is 9.28. The van der Waals surface area contributed by atoms with Crippen LogP contribution in [-0.2, 0) is 17.7 Å². The van der Waals surface area contributed by atoms with Crippen molar-refractivity contribution in [2.75, 3.05) is 26.8 Å². The van der Waals surface area contributed by atoms with Gasteiger partial charge in [-0.3, -0.25) is 4.68 Å². The summed E-state index contributed by atoms with van der Waals surface area (Å²) in [6, 6.07) is 0. The lowest BCUT2D eigenvalue weighted by molar-refractivity contribution is 0.199. The molecule has 0 amide bonds. The Hall–Kier alpha value is -0.650. The molecular weight excluding hydrogens is 306 g/mol. The number of hydrogen-bond acceptors (Lipinski definition) is 3. The molecule has 1 heterocycles. The van der Waals surface area contributed by atoms with E-state index in [1.54, 1.807) is 7.11 Å². The van der Waals surface area contributed by atoms with Crippen molar-refractivity contribution in [2.24, 2.45) is 0 Å². The molecule has 0 aliphatic heterocycles. The highest BCUT2D eigenvalue weighted by Crippen LogP contribution is 2.21. The Balaban J connectivity index is 2.32. The third-order valence-corrected chi connectivity index (χ3v) is 3.93. The van der Waals surface area contributed by atoms with E-state index in [0.29, 0.717) is 0 Å². The van der Waals surface area contributed by atoms with E-state index in [9.17, 15) is 0 Å². The number of aryl methyl sites for hydroxylation is 2. The molecular formula is C14H24BrN3O. The molecule has 0 aliphatic rings. The molecule has 1 rings (SSSR count). The van der Waals surface area contributed by atoms with E-state index in [0.717, 1.165) is 49.2 Å². The van der Waals surface area contributed by atoms with E-state index in [-0.39, 0.29) is 0 Å². The topological polar surface area (TPSA) is 39.1 Å². The fourth-order valence-electron chi connectivity index (χ4n) is 1.86. The van der Waals surface area contributed by atoms with Crippen molar-refractivity contribution in [3.63, 3.8) is 0 Å². The summed E-state index contributed by atoms with van der Waals surface area (Å²) in [6.07, 6.45) is 6.40. The van der Waals surface area contributed by atoms with E-state index in [4.69, 9.17) is 4.74 Å². The number of halogens is 1. The zero-order valence-electron chi connectivity index (χ0n) is 12.1. The predicted molar refractivity (Wildman–Crippen MR) is 82.5 cm³/mol. The van der Waals surface area contributed by atoms with Crippen molar-refractivity contribution in [1.29, 1.82) is 0 Å². The molecule has 0 spiro atoms. The van der Waals surface area contributed by atoms with Crippen molar-refractivity contribution in [1.82, 2.24) is 15.1 Å². The van der Waals surface area contributed by atoms with Crippen LogP contribution in [0.1, 0.15) is 24.7 Å². The zero-order valence-corrected chi connectivity index (χ0v) is 13.7. The van der Waals surface area contributed by atoms with Crippen molar-refractivity contribution >= 4 is 15.9 Å². The summed E-state index contributed by atoms with van der Waals surface area (Å²) in [5.74, 6) is 0. The average molecular weight is 330 g/mol. The Morgan fingerprint density at radius 3 is 2.84 bits per heavy atom. The van der Waals surface area contributed by atoms with Gasteiger partial charge < -0.3 is 10.1 Å². The molecule has 0 unspecified atom stereocenters. The van der Waals surface area contributed by atoms with E-state index in [2.05, 4.69) is 50.1 Å². The number of allylic oxidation sites excluding steroid dienone is 1. The summed E-state index contributed by atoms with van der Waals surface area (Å²) in [5.41, 5.74) is 2.31. The van der Waals surface area contributed by atoms with Gasteiger partial charge in [-0.25, -0.2) is 0 Å². The summed E-state index contributed by atoms with van der Waals surface area (Å²) in [7, 11) is 1.72. The van der Waals surface area contributed by atoms with Crippen LogP contribution in [0.3, 0.4) is 0 Å². The Labute approximate surface area is 124 Å². The van der Waals surface area contributed by atoms with Crippen LogP contribution in [0.25, 0.3) is 0 Å². The summed E-state index contributed by atoms with van der Waals surface area (Å²) in [6.45, 7) is 7.74. The zero-order chi connectivity index (χ0) is 14.1. The second-order valence-corrected chi connectivity index (χ2v) is 5.16. The van der Waals surface area contributed by atoms with E-state index in [1.165, 1.54) is 5.69 Å². The van der Waals surface area contributed by atoms with Crippen LogP contribution in [-0.4, -0.2) is 36.6 Å². The smallest absolute Gasteiger partial charge is 0.0738 e. The molecule has 1 N–H and O–H groups in total. The fourth-order valence-corrected chi connectivity index (χ4v) is 2.31. The minimum atomic E-state index is 0.769. The Morgan fingerprint density at radius 2 is 2.16 bits per heavy atom. The van der Waals surface area contributed by atoms with Crippen molar-refractivity contribution < 1.29 is 4.74 Å². The van der Waals surface area contributed by atoms with Crippen LogP contribution >= 0.6 is 15.9 Å². The third kappa shape index (κ3) is 5.47. The maximum atomic E-state index is 4.97. The molecule has 0 fully saturated rings. The number of methoxy groups -OCH3 is 1. The molecule has 108 valence electrons. The van der Waals surface area contributed by atoms with Crippen LogP contribution in [0.5, 0.6) is 0 Å². The van der Waals surface area contributed by atoms with Gasteiger partial charge in [0.2, 0.25) is 0 Å². The highest BCUT2D eigenvalue weighted by Gasteiger charge is 2.09. The summed E-state index contributed by atoms with van der Waals surface area (Å²) in [5, 5.41) is 7.81. The van der Waals surface area contributed by atoms with Gasteiger partial charge in [-0.2, -0.15) is 5.10 Å². The molecule has 0 bridgehead atoms. The maximum Gasteiger partial charge on any atom is 0.0738 e. The van der Waals surface area contributed by atoms with Gasteiger partial charge >= 0.3 is 0 Å². The predicted octanol–water partition coefficient (Wildman–Crippen LogP) is 2.70. The average Bonchev–Trinajstić information content (AvgIpc) is 2.69. The van der Waals surface area contributed by atoms with Crippen molar-refractivity contribution in [3.8, 4) is 0 Å². The molecule has 19 heavy (non-hydrogen) atoms. The number of nitrogens with one attached hydrogen (secondary N) is 1. The standard InChI is InChI=1S/C14H24BrN3O/c1-4-18-13(14(15)12(2)17-18)8-6-5-7-9-16-10-11-19-3/h5-6,16H,4,7-11H2,1-3H3. The Morgan fingerprint density at radius 1 is 1.37 bits per heavy atom. The first-order chi connectivity index (χ1) is 9.20. The fraction of sp³-hybridized carbons (Fsp3) is 0.643. The van der Waals surface area contributed by atoms with E-state index in [1.807, 2.05) is 6.92 Å². The molecule has 0 saturated carbocycles. The summed E-state index contributed by atoms with van der Waals surface area (Å²) < 4.78 is 8.17. The first-order valence-electron chi connectivity index (χ1n) is 6.77. The Kier molecular flexibility index (Phi) is 8.02. The molecule has 1 aromatic heterocycles. The van der Waals surface area contributed by atoms with Crippen molar-refractivity contribution in [2.45, 2.75) is 33.2 Å². The quantitative estimate of drug-likeness (QED) is 0.559. The minimum absolute atomic E-state index is 0.769. The van der Waals surface area contributed by atoms with Gasteiger partial charge in [-0.15, -0.1) is 0 Å². The van der Waals surface area contributed by atoms with E-state index >= 15 is 0 Å². The van der Waals surface area contributed by atoms with Crippen molar-refractivity contribution in [3.05, 3.63) is 28.0 Å². The molecule has 0 saturated heterocycles. The number of rotatable bonds is 9. The van der Waals surface area contributed by atoms with Crippen LogP contribution in [0.15, 0.2) is 16.6 Å². The van der Waals surface area contributed by atoms with Crippen LogP contribution in [0, 0.1) is 6.92 Å². The minimum Gasteiger partial charge on any atom is -0.383 e. The Bertz CT molecular complexity index is 402. The summed E-state index contributed by atoms with van der Waals surface area (Å²) >= 11 is 3.61. The van der Waals surface area contributed by atoms with Crippen LogP contribution < -0.4 is 5.32 Å². The molecule has 1 aromatic rings. The maximum absolute atomic E-state index is 4.97. The molecule has 0 aliphatic carbocycles. The first-order valence-corrected chi connectivity index (χ1v) is 7.56. The SMILES string of the molecule is CCn1nc(C)c(Br)c1CC=CCCNCCOC. The van der Waals surface area contributed by atoms with Gasteiger partial charge in [-0.05, 0) is 42.7 Å². The lowest BCUT2D eigenvalue weighted by Crippen LogP contribution is -2.19. The number of ether oxygens (including phenoxy) is 1. The third-order valence-electron chi connectivity index (χ3n) is 2.90. The van der Waals surface area contributed by atoms with Gasteiger partial charge in [0.1, 0.15) is 0 Å². The van der Waals surface area contributed by atoms with E-state index < -0.39 is 0 Å². The number of aromatic nitrogens is 2. The largest absolute Gasteiger partial charge is 0.383 e. The number of hydrogen-bond donors (Lipinski definition) is 1. The van der Waals surface area contributed by atoms with Gasteiger partial charge in [0.05, 0.1) is 22.5 Å². The normalized spacial score (nSPS) is 11.6. The molecule has 0 atom stereocenters. The second-order valence-electron chi connectivity index (χ2n) is 4.37.